The summed E-state index contributed by atoms with van der Waals surface area (Å²) in [5.41, 5.74) is 5.37. The van der Waals surface area contributed by atoms with E-state index in [0.29, 0.717) is 13.1 Å². The van der Waals surface area contributed by atoms with Gasteiger partial charge in [-0.05, 0) is 25.8 Å². The van der Waals surface area contributed by atoms with Gasteiger partial charge in [0.15, 0.2) is 0 Å². The minimum absolute atomic E-state index is 0.0883. The van der Waals surface area contributed by atoms with Gasteiger partial charge in [0.05, 0.1) is 0 Å². The van der Waals surface area contributed by atoms with Crippen LogP contribution in [0.2, 0.25) is 0 Å². The Kier molecular flexibility index (Phi) is 6.16. The topological polar surface area (TPSA) is 58.4 Å². The van der Waals surface area contributed by atoms with E-state index in [-0.39, 0.29) is 6.03 Å². The molecule has 0 unspecified atom stereocenters. The monoisotopic (exact) mass is 213 g/mol. The molecule has 1 fully saturated rings. The number of hydrogen-bond donors (Lipinski definition) is 2. The van der Waals surface area contributed by atoms with Gasteiger partial charge in [0, 0.05) is 19.6 Å². The van der Waals surface area contributed by atoms with Gasteiger partial charge in [-0.2, -0.15) is 0 Å². The third kappa shape index (κ3) is 5.02. The van der Waals surface area contributed by atoms with Gasteiger partial charge < -0.3 is 16.0 Å². The number of carbonyl (C=O) groups excluding carboxylic acids is 1. The van der Waals surface area contributed by atoms with Crippen LogP contribution in [-0.4, -0.2) is 37.1 Å². The molecule has 0 aliphatic carbocycles. The quantitative estimate of drug-likeness (QED) is 0.694. The molecule has 0 aromatic heterocycles. The average Bonchev–Trinajstić information content (AvgIpc) is 2.17. The van der Waals surface area contributed by atoms with Crippen molar-refractivity contribution in [3.8, 4) is 0 Å². The van der Waals surface area contributed by atoms with Crippen LogP contribution in [0.25, 0.3) is 0 Å². The molecule has 1 aliphatic rings. The summed E-state index contributed by atoms with van der Waals surface area (Å²) in [6.45, 7) is 3.16. The van der Waals surface area contributed by atoms with Crippen LogP contribution in [-0.2, 0) is 0 Å². The highest BCUT2D eigenvalue weighted by atomic mass is 16.2. The fraction of sp³-hybridized carbons (Fsp3) is 0.909. The molecule has 88 valence electrons. The number of nitrogens with one attached hydrogen (secondary N) is 1. The van der Waals surface area contributed by atoms with E-state index in [2.05, 4.69) is 5.32 Å². The first kappa shape index (κ1) is 12.3. The normalized spacial score (nSPS) is 18.1. The van der Waals surface area contributed by atoms with Gasteiger partial charge in [0.2, 0.25) is 0 Å². The number of hydrogen-bond acceptors (Lipinski definition) is 2. The zero-order valence-electron chi connectivity index (χ0n) is 9.50. The number of likely N-dealkylation sites (tertiary alicyclic amines) is 1. The van der Waals surface area contributed by atoms with Crippen molar-refractivity contribution >= 4 is 6.03 Å². The second kappa shape index (κ2) is 7.51. The number of nitrogens with zero attached hydrogens (tertiary/aromatic N) is 1. The standard InChI is InChI=1S/C11H23N3O/c12-7-6-8-13-11(15)14-9-4-2-1-3-5-10-14/h1-10,12H2,(H,13,15). The van der Waals surface area contributed by atoms with Gasteiger partial charge in [-0.1, -0.05) is 19.3 Å². The highest BCUT2D eigenvalue weighted by Crippen LogP contribution is 2.10. The fourth-order valence-electron chi connectivity index (χ4n) is 1.86. The molecular formula is C11H23N3O. The summed E-state index contributed by atoms with van der Waals surface area (Å²) in [5.74, 6) is 0. The van der Waals surface area contributed by atoms with Crippen molar-refractivity contribution in [2.45, 2.75) is 38.5 Å². The molecule has 1 rings (SSSR count). The minimum Gasteiger partial charge on any atom is -0.338 e. The fourth-order valence-corrected chi connectivity index (χ4v) is 1.86. The van der Waals surface area contributed by atoms with Crippen molar-refractivity contribution in [3.05, 3.63) is 0 Å². The Labute approximate surface area is 92.2 Å². The summed E-state index contributed by atoms with van der Waals surface area (Å²) < 4.78 is 0. The predicted octanol–water partition coefficient (Wildman–Crippen LogP) is 1.31. The zero-order valence-corrected chi connectivity index (χ0v) is 9.50. The number of nitrogens with two attached hydrogens (primary N) is 1. The van der Waals surface area contributed by atoms with Gasteiger partial charge >= 0.3 is 6.03 Å². The van der Waals surface area contributed by atoms with Crippen LogP contribution in [0.15, 0.2) is 0 Å². The molecule has 1 saturated heterocycles. The van der Waals surface area contributed by atoms with Crippen LogP contribution in [0.3, 0.4) is 0 Å². The Morgan fingerprint density at radius 1 is 1.13 bits per heavy atom. The van der Waals surface area contributed by atoms with Crippen LogP contribution in [0.4, 0.5) is 4.79 Å². The molecule has 0 saturated carbocycles. The Hall–Kier alpha value is -0.770. The van der Waals surface area contributed by atoms with Gasteiger partial charge in [0.25, 0.3) is 0 Å². The summed E-state index contributed by atoms with van der Waals surface area (Å²) in [6.07, 6.45) is 6.98. The molecule has 0 atom stereocenters. The van der Waals surface area contributed by atoms with Gasteiger partial charge in [-0.25, -0.2) is 4.79 Å². The third-order valence-corrected chi connectivity index (χ3v) is 2.80. The summed E-state index contributed by atoms with van der Waals surface area (Å²) in [4.78, 5) is 13.7. The Balaban J connectivity index is 2.22. The van der Waals surface area contributed by atoms with E-state index in [4.69, 9.17) is 5.73 Å². The lowest BCUT2D eigenvalue weighted by molar-refractivity contribution is 0.192. The molecule has 0 aromatic rings. The average molecular weight is 213 g/mol. The molecular weight excluding hydrogens is 190 g/mol. The molecule has 4 heteroatoms. The van der Waals surface area contributed by atoms with Crippen molar-refractivity contribution in [1.82, 2.24) is 10.2 Å². The van der Waals surface area contributed by atoms with Gasteiger partial charge in [-0.3, -0.25) is 0 Å². The van der Waals surface area contributed by atoms with E-state index in [1.807, 2.05) is 4.90 Å². The van der Waals surface area contributed by atoms with Gasteiger partial charge in [0.1, 0.15) is 0 Å². The number of amides is 2. The lowest BCUT2D eigenvalue weighted by atomic mass is 10.1. The third-order valence-electron chi connectivity index (χ3n) is 2.80. The second-order valence-corrected chi connectivity index (χ2v) is 4.13. The molecule has 0 spiro atoms. The van der Waals surface area contributed by atoms with Crippen molar-refractivity contribution in [2.75, 3.05) is 26.2 Å². The minimum atomic E-state index is 0.0883. The van der Waals surface area contributed by atoms with Crippen LogP contribution >= 0.6 is 0 Å². The lowest BCUT2D eigenvalue weighted by Crippen LogP contribution is -2.42. The summed E-state index contributed by atoms with van der Waals surface area (Å²) >= 11 is 0. The highest BCUT2D eigenvalue weighted by molar-refractivity contribution is 5.74. The van der Waals surface area contributed by atoms with Gasteiger partial charge in [-0.15, -0.1) is 0 Å². The molecule has 4 nitrogen and oxygen atoms in total. The van der Waals surface area contributed by atoms with Crippen LogP contribution < -0.4 is 11.1 Å². The Bertz CT molecular complexity index is 177. The number of rotatable bonds is 3. The first-order valence-corrected chi connectivity index (χ1v) is 6.07. The first-order chi connectivity index (χ1) is 7.34. The molecule has 15 heavy (non-hydrogen) atoms. The van der Waals surface area contributed by atoms with E-state index < -0.39 is 0 Å². The van der Waals surface area contributed by atoms with Crippen molar-refractivity contribution < 1.29 is 4.79 Å². The largest absolute Gasteiger partial charge is 0.338 e. The number of carbonyl (C=O) groups is 1. The molecule has 2 amide bonds. The Morgan fingerprint density at radius 2 is 1.73 bits per heavy atom. The first-order valence-electron chi connectivity index (χ1n) is 6.07. The lowest BCUT2D eigenvalue weighted by Gasteiger charge is -2.24. The Morgan fingerprint density at radius 3 is 2.33 bits per heavy atom. The SMILES string of the molecule is NCCCNC(=O)N1CCCCCCC1. The molecule has 1 aliphatic heterocycles. The summed E-state index contributed by atoms with van der Waals surface area (Å²) in [7, 11) is 0. The van der Waals surface area contributed by atoms with Crippen LogP contribution in [0.1, 0.15) is 38.5 Å². The van der Waals surface area contributed by atoms with E-state index >= 15 is 0 Å². The second-order valence-electron chi connectivity index (χ2n) is 4.13. The highest BCUT2D eigenvalue weighted by Gasteiger charge is 2.13. The molecule has 1 heterocycles. The maximum atomic E-state index is 11.7. The van der Waals surface area contributed by atoms with Crippen molar-refractivity contribution in [3.63, 3.8) is 0 Å². The van der Waals surface area contributed by atoms with Crippen molar-refractivity contribution in [1.29, 1.82) is 0 Å². The molecule has 0 aromatic carbocycles. The maximum Gasteiger partial charge on any atom is 0.317 e. The zero-order chi connectivity index (χ0) is 10.9. The van der Waals surface area contributed by atoms with Crippen molar-refractivity contribution in [2.24, 2.45) is 5.73 Å². The maximum absolute atomic E-state index is 11.7. The van der Waals surface area contributed by atoms with Crippen LogP contribution in [0, 0.1) is 0 Å². The van der Waals surface area contributed by atoms with E-state index in [1.54, 1.807) is 0 Å². The molecule has 0 bridgehead atoms. The molecule has 0 radical (unpaired) electrons. The van der Waals surface area contributed by atoms with E-state index in [9.17, 15) is 4.79 Å². The summed E-state index contributed by atoms with van der Waals surface area (Å²) in [5, 5.41) is 2.91. The van der Waals surface area contributed by atoms with Crippen LogP contribution in [0.5, 0.6) is 0 Å². The van der Waals surface area contributed by atoms with E-state index in [0.717, 1.165) is 32.4 Å². The predicted molar refractivity (Wildman–Crippen MR) is 61.7 cm³/mol. The van der Waals surface area contributed by atoms with E-state index in [1.165, 1.54) is 19.3 Å². The summed E-state index contributed by atoms with van der Waals surface area (Å²) in [6, 6.07) is 0.0883. The number of urea groups is 1. The smallest absolute Gasteiger partial charge is 0.317 e. The molecule has 3 N–H and O–H groups in total.